The van der Waals surface area contributed by atoms with Crippen LogP contribution in [0.4, 0.5) is 13.2 Å². The number of likely N-dealkylation sites (tertiary alicyclic amines) is 1. The summed E-state index contributed by atoms with van der Waals surface area (Å²) in [6, 6.07) is 13.2. The minimum atomic E-state index is -4.41. The predicted octanol–water partition coefficient (Wildman–Crippen LogP) is 4.82. The zero-order chi connectivity index (χ0) is 21.0. The third-order valence-corrected chi connectivity index (χ3v) is 5.09. The van der Waals surface area contributed by atoms with E-state index >= 15 is 0 Å². The van der Waals surface area contributed by atoms with Crippen LogP contribution in [0.5, 0.6) is 0 Å². The number of hydrogen-bond donors (Lipinski definition) is 1. The minimum absolute atomic E-state index is 0.0413. The van der Waals surface area contributed by atoms with Gasteiger partial charge in [-0.15, -0.1) is 0 Å². The SMILES string of the molecule is Cc1cc(CO[C@H]2CCCN(CC(=O)O)[C@H]2c2ccccc2)cc(C(F)(F)F)c1. The fourth-order valence-corrected chi connectivity index (χ4v) is 3.94. The van der Waals surface area contributed by atoms with Crippen LogP contribution in [0.25, 0.3) is 0 Å². The smallest absolute Gasteiger partial charge is 0.416 e. The second-order valence-corrected chi connectivity index (χ2v) is 7.42. The molecule has 1 N–H and O–H groups in total. The molecule has 1 aliphatic rings. The number of nitrogens with zero attached hydrogens (tertiary/aromatic N) is 1. The van der Waals surface area contributed by atoms with E-state index < -0.39 is 17.7 Å². The van der Waals surface area contributed by atoms with Crippen molar-refractivity contribution < 1.29 is 27.8 Å². The largest absolute Gasteiger partial charge is 0.480 e. The summed E-state index contributed by atoms with van der Waals surface area (Å²) in [4.78, 5) is 13.2. The van der Waals surface area contributed by atoms with E-state index in [-0.39, 0.29) is 25.3 Å². The average molecular weight is 407 g/mol. The van der Waals surface area contributed by atoms with E-state index in [2.05, 4.69) is 0 Å². The zero-order valence-electron chi connectivity index (χ0n) is 16.2. The molecule has 1 saturated heterocycles. The van der Waals surface area contributed by atoms with E-state index in [1.807, 2.05) is 35.2 Å². The Labute approximate surface area is 167 Å². The number of carboxylic acid groups (broad SMARTS) is 1. The number of carbonyl (C=O) groups is 1. The summed E-state index contributed by atoms with van der Waals surface area (Å²) in [7, 11) is 0. The molecule has 0 aliphatic carbocycles. The van der Waals surface area contributed by atoms with Crippen LogP contribution in [0.15, 0.2) is 48.5 Å². The molecule has 2 atom stereocenters. The lowest BCUT2D eigenvalue weighted by Crippen LogP contribution is -2.45. The molecule has 0 spiro atoms. The number of alkyl halides is 3. The van der Waals surface area contributed by atoms with Crippen molar-refractivity contribution in [3.63, 3.8) is 0 Å². The van der Waals surface area contributed by atoms with Crippen molar-refractivity contribution >= 4 is 5.97 Å². The Hall–Kier alpha value is -2.38. The van der Waals surface area contributed by atoms with Gasteiger partial charge in [0.2, 0.25) is 0 Å². The van der Waals surface area contributed by atoms with Crippen LogP contribution in [-0.4, -0.2) is 35.2 Å². The van der Waals surface area contributed by atoms with Crippen LogP contribution >= 0.6 is 0 Å². The number of ether oxygens (including phenoxy) is 1. The molecule has 0 aromatic heterocycles. The number of carboxylic acids is 1. The van der Waals surface area contributed by atoms with E-state index in [4.69, 9.17) is 4.74 Å². The number of piperidine rings is 1. The van der Waals surface area contributed by atoms with Crippen molar-refractivity contribution in [1.29, 1.82) is 0 Å². The summed E-state index contributed by atoms with van der Waals surface area (Å²) in [5.74, 6) is -0.917. The monoisotopic (exact) mass is 407 g/mol. The lowest BCUT2D eigenvalue weighted by atomic mass is 9.92. The normalized spacial score (nSPS) is 20.6. The van der Waals surface area contributed by atoms with Gasteiger partial charge in [0, 0.05) is 0 Å². The molecule has 0 bridgehead atoms. The maximum atomic E-state index is 13.1. The van der Waals surface area contributed by atoms with Gasteiger partial charge in [-0.05, 0) is 49.6 Å². The molecular formula is C22H24F3NO3. The molecule has 1 fully saturated rings. The van der Waals surface area contributed by atoms with Crippen molar-refractivity contribution in [3.05, 3.63) is 70.8 Å². The Morgan fingerprint density at radius 1 is 1.21 bits per heavy atom. The third kappa shape index (κ3) is 5.58. The highest BCUT2D eigenvalue weighted by Crippen LogP contribution is 2.35. The molecule has 0 saturated carbocycles. The van der Waals surface area contributed by atoms with Crippen LogP contribution < -0.4 is 0 Å². The number of rotatable bonds is 6. The van der Waals surface area contributed by atoms with Crippen LogP contribution in [-0.2, 0) is 22.3 Å². The highest BCUT2D eigenvalue weighted by Gasteiger charge is 2.35. The van der Waals surface area contributed by atoms with Crippen LogP contribution in [0.1, 0.15) is 41.1 Å². The lowest BCUT2D eigenvalue weighted by Gasteiger charge is -2.40. The molecule has 156 valence electrons. The molecule has 7 heteroatoms. The average Bonchev–Trinajstić information content (AvgIpc) is 2.65. The van der Waals surface area contributed by atoms with Gasteiger partial charge in [0.15, 0.2) is 0 Å². The summed E-state index contributed by atoms with van der Waals surface area (Å²) >= 11 is 0. The molecule has 3 rings (SSSR count). The molecule has 0 unspecified atom stereocenters. The fraction of sp³-hybridized carbons (Fsp3) is 0.409. The Morgan fingerprint density at radius 3 is 2.59 bits per heavy atom. The van der Waals surface area contributed by atoms with Gasteiger partial charge in [0.1, 0.15) is 0 Å². The Kier molecular flexibility index (Phi) is 6.59. The standard InChI is InChI=1S/C22H24F3NO3/c1-15-10-16(12-18(11-15)22(23,24)25)14-29-19-8-5-9-26(13-20(27)28)21(19)17-6-3-2-4-7-17/h2-4,6-7,10-12,19,21H,5,8-9,13-14H2,1H3,(H,27,28)/t19-,21-/m0/s1. The van der Waals surface area contributed by atoms with Gasteiger partial charge in [-0.3, -0.25) is 9.69 Å². The van der Waals surface area contributed by atoms with Gasteiger partial charge in [0.25, 0.3) is 0 Å². The Morgan fingerprint density at radius 2 is 1.93 bits per heavy atom. The molecule has 1 aliphatic heterocycles. The van der Waals surface area contributed by atoms with E-state index in [1.54, 1.807) is 13.0 Å². The van der Waals surface area contributed by atoms with Gasteiger partial charge in [-0.1, -0.05) is 42.0 Å². The van der Waals surface area contributed by atoms with Gasteiger partial charge >= 0.3 is 12.1 Å². The summed E-state index contributed by atoms with van der Waals surface area (Å²) in [5, 5.41) is 9.27. The van der Waals surface area contributed by atoms with E-state index in [0.29, 0.717) is 24.1 Å². The van der Waals surface area contributed by atoms with Crippen molar-refractivity contribution in [2.75, 3.05) is 13.1 Å². The second kappa shape index (κ2) is 8.97. The molecule has 4 nitrogen and oxygen atoms in total. The zero-order valence-corrected chi connectivity index (χ0v) is 16.2. The summed E-state index contributed by atoms with van der Waals surface area (Å²) in [6.45, 7) is 2.19. The molecule has 0 radical (unpaired) electrons. The Bertz CT molecular complexity index is 839. The van der Waals surface area contributed by atoms with Crippen LogP contribution in [0, 0.1) is 6.92 Å². The van der Waals surface area contributed by atoms with E-state index in [0.717, 1.165) is 24.1 Å². The third-order valence-electron chi connectivity index (χ3n) is 5.09. The van der Waals surface area contributed by atoms with E-state index in [1.165, 1.54) is 0 Å². The molecular weight excluding hydrogens is 383 g/mol. The molecule has 2 aromatic carbocycles. The van der Waals surface area contributed by atoms with Gasteiger partial charge in [0.05, 0.1) is 30.9 Å². The quantitative estimate of drug-likeness (QED) is 0.746. The van der Waals surface area contributed by atoms with Crippen molar-refractivity contribution in [2.45, 2.75) is 44.7 Å². The number of hydrogen-bond acceptors (Lipinski definition) is 3. The minimum Gasteiger partial charge on any atom is -0.480 e. The number of aryl methyl sites for hydroxylation is 1. The molecule has 29 heavy (non-hydrogen) atoms. The maximum Gasteiger partial charge on any atom is 0.416 e. The summed E-state index contributed by atoms with van der Waals surface area (Å²) in [6.07, 6.45) is -3.23. The topological polar surface area (TPSA) is 49.8 Å². The van der Waals surface area contributed by atoms with Crippen LogP contribution in [0.2, 0.25) is 0 Å². The summed E-state index contributed by atoms with van der Waals surface area (Å²) in [5.41, 5.74) is 1.24. The van der Waals surface area contributed by atoms with Gasteiger partial charge < -0.3 is 9.84 Å². The Balaban J connectivity index is 1.81. The summed E-state index contributed by atoms with van der Waals surface area (Å²) < 4.78 is 45.4. The number of aliphatic carboxylic acids is 1. The van der Waals surface area contributed by atoms with Crippen LogP contribution in [0.3, 0.4) is 0 Å². The lowest BCUT2D eigenvalue weighted by molar-refractivity contribution is -0.141. The molecule has 0 amide bonds. The first kappa shape index (κ1) is 21.3. The predicted molar refractivity (Wildman–Crippen MR) is 102 cm³/mol. The maximum absolute atomic E-state index is 13.1. The van der Waals surface area contributed by atoms with Crippen molar-refractivity contribution in [3.8, 4) is 0 Å². The first-order chi connectivity index (χ1) is 13.7. The number of halogens is 3. The fourth-order valence-electron chi connectivity index (χ4n) is 3.94. The highest BCUT2D eigenvalue weighted by molar-refractivity contribution is 5.69. The van der Waals surface area contributed by atoms with Gasteiger partial charge in [-0.25, -0.2) is 0 Å². The van der Waals surface area contributed by atoms with Crippen molar-refractivity contribution in [2.24, 2.45) is 0 Å². The van der Waals surface area contributed by atoms with Crippen molar-refractivity contribution in [1.82, 2.24) is 4.90 Å². The number of benzene rings is 2. The molecule has 1 heterocycles. The highest BCUT2D eigenvalue weighted by atomic mass is 19.4. The van der Waals surface area contributed by atoms with Gasteiger partial charge in [-0.2, -0.15) is 13.2 Å². The van der Waals surface area contributed by atoms with E-state index in [9.17, 15) is 23.1 Å². The second-order valence-electron chi connectivity index (χ2n) is 7.42. The first-order valence-electron chi connectivity index (χ1n) is 9.54. The first-order valence-corrected chi connectivity index (χ1v) is 9.54. The molecule has 2 aromatic rings.